The Kier molecular flexibility index (Phi) is 7.05. The molecule has 0 saturated carbocycles. The molecule has 0 unspecified atom stereocenters. The van der Waals surface area contributed by atoms with E-state index in [4.69, 9.17) is 9.47 Å². The second-order valence-corrected chi connectivity index (χ2v) is 5.48. The van der Waals surface area contributed by atoms with Crippen LogP contribution < -0.4 is 5.32 Å². The van der Waals surface area contributed by atoms with Crippen LogP contribution in [0.3, 0.4) is 0 Å². The molecule has 0 saturated heterocycles. The zero-order chi connectivity index (χ0) is 19.8. The van der Waals surface area contributed by atoms with Crippen LogP contribution in [0, 0.1) is 12.7 Å². The molecule has 1 aromatic carbocycles. The van der Waals surface area contributed by atoms with Crippen molar-refractivity contribution in [2.75, 3.05) is 18.5 Å². The molecular weight excluding hydrogens is 351 g/mol. The average molecular weight is 372 g/mol. The SMILES string of the molecule is CCOC(=O)c1cc(C(=O)OCC)c(/C=C\Nc2ccc(F)cc2)nc1C. The first kappa shape index (κ1) is 20.1. The van der Waals surface area contributed by atoms with Crippen molar-refractivity contribution in [3.63, 3.8) is 0 Å². The van der Waals surface area contributed by atoms with E-state index in [9.17, 15) is 14.0 Å². The topological polar surface area (TPSA) is 77.5 Å². The maximum atomic E-state index is 12.9. The summed E-state index contributed by atoms with van der Waals surface area (Å²) in [5.41, 5.74) is 1.81. The molecule has 2 aromatic rings. The van der Waals surface area contributed by atoms with Gasteiger partial charge in [-0.3, -0.25) is 4.98 Å². The number of carbonyl (C=O) groups is 2. The lowest BCUT2D eigenvalue weighted by Gasteiger charge is -2.10. The molecule has 2 rings (SSSR count). The molecule has 0 amide bonds. The van der Waals surface area contributed by atoms with Crippen molar-refractivity contribution in [2.24, 2.45) is 0 Å². The zero-order valence-corrected chi connectivity index (χ0v) is 15.4. The molecule has 6 nitrogen and oxygen atoms in total. The number of nitrogens with one attached hydrogen (secondary N) is 1. The molecule has 0 aliphatic heterocycles. The van der Waals surface area contributed by atoms with Gasteiger partial charge in [0.1, 0.15) is 5.82 Å². The van der Waals surface area contributed by atoms with Crippen LogP contribution in [0.5, 0.6) is 0 Å². The lowest BCUT2D eigenvalue weighted by molar-refractivity contribution is 0.0523. The molecule has 0 spiro atoms. The number of benzene rings is 1. The molecule has 0 aliphatic rings. The Bertz CT molecular complexity index is 848. The van der Waals surface area contributed by atoms with E-state index in [-0.39, 0.29) is 30.2 Å². The summed E-state index contributed by atoms with van der Waals surface area (Å²) in [6, 6.07) is 7.24. The number of halogens is 1. The third-order valence-corrected chi connectivity index (χ3v) is 3.57. The summed E-state index contributed by atoms with van der Waals surface area (Å²) in [4.78, 5) is 28.7. The summed E-state index contributed by atoms with van der Waals surface area (Å²) in [5.74, 6) is -1.47. The molecular formula is C20H21FN2O4. The van der Waals surface area contributed by atoms with E-state index >= 15 is 0 Å². The standard InChI is InChI=1S/C20H21FN2O4/c1-4-26-19(24)16-12-17(20(25)27-5-2)18(23-13(16)3)10-11-22-15-8-6-14(21)7-9-15/h6-12,22H,4-5H2,1-3H3/b11-10-. The minimum Gasteiger partial charge on any atom is -0.462 e. The normalized spacial score (nSPS) is 10.7. The molecule has 1 heterocycles. The molecule has 0 bridgehead atoms. The molecule has 1 N–H and O–H groups in total. The van der Waals surface area contributed by atoms with Crippen molar-refractivity contribution in [1.82, 2.24) is 4.98 Å². The Morgan fingerprint density at radius 1 is 1.07 bits per heavy atom. The van der Waals surface area contributed by atoms with Crippen LogP contribution in [0.4, 0.5) is 10.1 Å². The number of carbonyl (C=O) groups excluding carboxylic acids is 2. The predicted molar refractivity (Wildman–Crippen MR) is 99.9 cm³/mol. The number of hydrogen-bond donors (Lipinski definition) is 1. The second-order valence-electron chi connectivity index (χ2n) is 5.48. The van der Waals surface area contributed by atoms with Crippen molar-refractivity contribution in [2.45, 2.75) is 20.8 Å². The maximum Gasteiger partial charge on any atom is 0.340 e. The summed E-state index contributed by atoms with van der Waals surface area (Å²) in [6.07, 6.45) is 3.15. The van der Waals surface area contributed by atoms with Gasteiger partial charge in [0.2, 0.25) is 0 Å². The Balaban J connectivity index is 2.33. The Labute approximate surface area is 157 Å². The first-order valence-electron chi connectivity index (χ1n) is 8.50. The highest BCUT2D eigenvalue weighted by Crippen LogP contribution is 2.18. The molecule has 0 aliphatic carbocycles. The fourth-order valence-electron chi connectivity index (χ4n) is 2.30. The molecule has 0 atom stereocenters. The smallest absolute Gasteiger partial charge is 0.340 e. The van der Waals surface area contributed by atoms with Gasteiger partial charge < -0.3 is 14.8 Å². The van der Waals surface area contributed by atoms with Crippen LogP contribution in [-0.2, 0) is 9.47 Å². The minimum atomic E-state index is -0.586. The van der Waals surface area contributed by atoms with Gasteiger partial charge in [-0.15, -0.1) is 0 Å². The van der Waals surface area contributed by atoms with E-state index in [1.807, 2.05) is 0 Å². The summed E-state index contributed by atoms with van der Waals surface area (Å²) in [6.45, 7) is 5.46. The van der Waals surface area contributed by atoms with E-state index in [1.165, 1.54) is 18.2 Å². The molecule has 27 heavy (non-hydrogen) atoms. The molecule has 142 valence electrons. The van der Waals surface area contributed by atoms with Gasteiger partial charge in [0.15, 0.2) is 0 Å². The van der Waals surface area contributed by atoms with Gasteiger partial charge in [0.05, 0.1) is 35.7 Å². The highest BCUT2D eigenvalue weighted by Gasteiger charge is 2.19. The number of rotatable bonds is 7. The summed E-state index contributed by atoms with van der Waals surface area (Å²) < 4.78 is 23.0. The maximum absolute atomic E-state index is 12.9. The Hall–Kier alpha value is -3.22. The van der Waals surface area contributed by atoms with Crippen LogP contribution in [0.15, 0.2) is 36.5 Å². The van der Waals surface area contributed by atoms with Crippen LogP contribution in [-0.4, -0.2) is 30.1 Å². The third kappa shape index (κ3) is 5.37. The largest absolute Gasteiger partial charge is 0.462 e. The van der Waals surface area contributed by atoms with E-state index < -0.39 is 11.9 Å². The number of anilines is 1. The van der Waals surface area contributed by atoms with E-state index in [0.29, 0.717) is 17.1 Å². The number of pyridine rings is 1. The van der Waals surface area contributed by atoms with Gasteiger partial charge in [-0.2, -0.15) is 0 Å². The Morgan fingerprint density at radius 3 is 2.26 bits per heavy atom. The average Bonchev–Trinajstić information content (AvgIpc) is 2.63. The van der Waals surface area contributed by atoms with E-state index in [1.54, 1.807) is 45.2 Å². The van der Waals surface area contributed by atoms with Crippen molar-refractivity contribution in [1.29, 1.82) is 0 Å². The lowest BCUT2D eigenvalue weighted by Crippen LogP contribution is -2.14. The number of aryl methyl sites for hydroxylation is 1. The highest BCUT2D eigenvalue weighted by molar-refractivity contribution is 5.98. The van der Waals surface area contributed by atoms with Gasteiger partial charge in [0.25, 0.3) is 0 Å². The quantitative estimate of drug-likeness (QED) is 0.741. The number of hydrogen-bond acceptors (Lipinski definition) is 6. The summed E-state index contributed by atoms with van der Waals surface area (Å²) in [5, 5.41) is 2.96. The first-order valence-corrected chi connectivity index (χ1v) is 8.50. The Morgan fingerprint density at radius 2 is 1.67 bits per heavy atom. The summed E-state index contributed by atoms with van der Waals surface area (Å²) in [7, 11) is 0. The van der Waals surface area contributed by atoms with Gasteiger partial charge >= 0.3 is 11.9 Å². The monoisotopic (exact) mass is 372 g/mol. The van der Waals surface area contributed by atoms with Gasteiger partial charge in [-0.25, -0.2) is 14.0 Å². The number of aromatic nitrogens is 1. The number of esters is 2. The van der Waals surface area contributed by atoms with Gasteiger partial charge in [0, 0.05) is 11.9 Å². The van der Waals surface area contributed by atoms with Crippen LogP contribution in [0.25, 0.3) is 6.08 Å². The highest BCUT2D eigenvalue weighted by atomic mass is 19.1. The summed E-state index contributed by atoms with van der Waals surface area (Å²) >= 11 is 0. The molecule has 0 fully saturated rings. The fraction of sp³-hybridized carbons (Fsp3) is 0.250. The van der Waals surface area contributed by atoms with Gasteiger partial charge in [-0.05, 0) is 57.2 Å². The van der Waals surface area contributed by atoms with Crippen molar-refractivity contribution in [3.8, 4) is 0 Å². The first-order chi connectivity index (χ1) is 13.0. The van der Waals surface area contributed by atoms with Crippen molar-refractivity contribution >= 4 is 23.7 Å². The third-order valence-electron chi connectivity index (χ3n) is 3.57. The minimum absolute atomic E-state index is 0.155. The number of ether oxygens (including phenoxy) is 2. The van der Waals surface area contributed by atoms with E-state index in [2.05, 4.69) is 10.3 Å². The van der Waals surface area contributed by atoms with Gasteiger partial charge in [-0.1, -0.05) is 0 Å². The molecule has 0 radical (unpaired) electrons. The fourth-order valence-corrected chi connectivity index (χ4v) is 2.30. The predicted octanol–water partition coefficient (Wildman–Crippen LogP) is 3.97. The number of nitrogens with zero attached hydrogens (tertiary/aromatic N) is 1. The van der Waals surface area contributed by atoms with Crippen LogP contribution in [0.2, 0.25) is 0 Å². The molecule has 1 aromatic heterocycles. The van der Waals surface area contributed by atoms with E-state index in [0.717, 1.165) is 0 Å². The van der Waals surface area contributed by atoms with Crippen molar-refractivity contribution < 1.29 is 23.5 Å². The van der Waals surface area contributed by atoms with Crippen molar-refractivity contribution in [3.05, 3.63) is 64.9 Å². The second kappa shape index (κ2) is 9.47. The van der Waals surface area contributed by atoms with Crippen LogP contribution >= 0.6 is 0 Å². The zero-order valence-electron chi connectivity index (χ0n) is 15.4. The lowest BCUT2D eigenvalue weighted by atomic mass is 10.1. The molecule has 7 heteroatoms. The van der Waals surface area contributed by atoms with Crippen LogP contribution in [0.1, 0.15) is 46.0 Å².